The molecular formula is C26H29N3. The Morgan fingerprint density at radius 1 is 0.931 bits per heavy atom. The highest BCUT2D eigenvalue weighted by molar-refractivity contribution is 5.99. The van der Waals surface area contributed by atoms with Crippen LogP contribution in [0, 0.1) is 13.8 Å². The molecule has 1 atom stereocenters. The van der Waals surface area contributed by atoms with Gasteiger partial charge in [0.05, 0.1) is 17.1 Å². The first-order chi connectivity index (χ1) is 13.8. The van der Waals surface area contributed by atoms with Crippen LogP contribution in [0.1, 0.15) is 50.2 Å². The van der Waals surface area contributed by atoms with Crippen molar-refractivity contribution in [3.05, 3.63) is 71.0 Å². The van der Waals surface area contributed by atoms with Crippen LogP contribution in [-0.2, 0) is 6.42 Å². The molecule has 1 aromatic heterocycles. The summed E-state index contributed by atoms with van der Waals surface area (Å²) in [5.74, 6) is 0. The van der Waals surface area contributed by atoms with Gasteiger partial charge in [-0.05, 0) is 70.9 Å². The van der Waals surface area contributed by atoms with Crippen LogP contribution in [0.4, 0.5) is 17.1 Å². The van der Waals surface area contributed by atoms with E-state index in [0.29, 0.717) is 0 Å². The van der Waals surface area contributed by atoms with E-state index in [9.17, 15) is 0 Å². The van der Waals surface area contributed by atoms with Crippen LogP contribution in [0.5, 0.6) is 0 Å². The van der Waals surface area contributed by atoms with Crippen molar-refractivity contribution in [3.8, 4) is 11.1 Å². The van der Waals surface area contributed by atoms with Gasteiger partial charge in [0, 0.05) is 34.5 Å². The summed E-state index contributed by atoms with van der Waals surface area (Å²) >= 11 is 0. The average molecular weight is 384 g/mol. The highest BCUT2D eigenvalue weighted by Crippen LogP contribution is 2.55. The quantitative estimate of drug-likeness (QED) is 0.380. The molecule has 0 saturated carbocycles. The molecule has 2 aromatic carbocycles. The lowest BCUT2D eigenvalue weighted by atomic mass is 10.00. The lowest BCUT2D eigenvalue weighted by molar-refractivity contribution is 0.468. The Morgan fingerprint density at radius 3 is 2.41 bits per heavy atom. The lowest BCUT2D eigenvalue weighted by Crippen LogP contribution is -2.49. The smallest absolute Gasteiger partial charge is 0.104 e. The maximum absolute atomic E-state index is 4.86. The van der Waals surface area contributed by atoms with Crippen LogP contribution in [-0.4, -0.2) is 16.7 Å². The highest BCUT2D eigenvalue weighted by atomic mass is 15.4. The number of benzene rings is 2. The van der Waals surface area contributed by atoms with Crippen LogP contribution in [0.15, 0.2) is 48.5 Å². The lowest BCUT2D eigenvalue weighted by Gasteiger charge is -2.40. The number of rotatable bonds is 1. The predicted octanol–water partition coefficient (Wildman–Crippen LogP) is 6.37. The number of aromatic nitrogens is 1. The Hall–Kier alpha value is -2.81. The molecule has 3 aromatic rings. The fraction of sp³-hybridized carbons (Fsp3) is 0.346. The third-order valence-electron chi connectivity index (χ3n) is 6.33. The normalized spacial score (nSPS) is 17.4. The number of hydrogen-bond donors (Lipinski definition) is 0. The van der Waals surface area contributed by atoms with Crippen molar-refractivity contribution in [3.63, 3.8) is 0 Å². The van der Waals surface area contributed by atoms with E-state index >= 15 is 0 Å². The summed E-state index contributed by atoms with van der Waals surface area (Å²) in [4.78, 5) is 9.97. The second kappa shape index (κ2) is 6.09. The van der Waals surface area contributed by atoms with Crippen LogP contribution in [0.2, 0.25) is 0 Å². The molecule has 0 spiro atoms. The summed E-state index contributed by atoms with van der Waals surface area (Å²) < 4.78 is 0. The van der Waals surface area contributed by atoms with Gasteiger partial charge in [0.1, 0.15) is 6.17 Å². The zero-order chi connectivity index (χ0) is 20.5. The Kier molecular flexibility index (Phi) is 3.83. The molecule has 0 radical (unpaired) electrons. The summed E-state index contributed by atoms with van der Waals surface area (Å²) in [6, 6.07) is 17.8. The van der Waals surface area contributed by atoms with Crippen molar-refractivity contribution in [2.45, 2.75) is 59.7 Å². The van der Waals surface area contributed by atoms with E-state index in [2.05, 4.69) is 99.9 Å². The second-order valence-corrected chi connectivity index (χ2v) is 9.42. The van der Waals surface area contributed by atoms with Crippen LogP contribution < -0.4 is 9.80 Å². The molecule has 0 N–H and O–H groups in total. The van der Waals surface area contributed by atoms with Gasteiger partial charge >= 0.3 is 0 Å². The van der Waals surface area contributed by atoms with E-state index < -0.39 is 0 Å². The van der Waals surface area contributed by atoms with E-state index in [-0.39, 0.29) is 11.7 Å². The molecule has 1 aliphatic carbocycles. The van der Waals surface area contributed by atoms with Gasteiger partial charge in [-0.3, -0.25) is 4.98 Å². The summed E-state index contributed by atoms with van der Waals surface area (Å²) in [5, 5.41) is 0. The fourth-order valence-electron chi connectivity index (χ4n) is 5.24. The Morgan fingerprint density at radius 2 is 1.69 bits per heavy atom. The highest BCUT2D eigenvalue weighted by Gasteiger charge is 2.43. The van der Waals surface area contributed by atoms with Crippen molar-refractivity contribution >= 4 is 17.1 Å². The molecule has 0 fully saturated rings. The molecule has 0 bridgehead atoms. The average Bonchev–Trinajstić information content (AvgIpc) is 3.15. The maximum Gasteiger partial charge on any atom is 0.104 e. The number of pyridine rings is 1. The third-order valence-corrected chi connectivity index (χ3v) is 6.33. The number of nitrogens with zero attached hydrogens (tertiary/aromatic N) is 3. The van der Waals surface area contributed by atoms with E-state index in [1.165, 1.54) is 45.0 Å². The Labute approximate surface area is 174 Å². The molecule has 3 heteroatoms. The maximum atomic E-state index is 4.86. The van der Waals surface area contributed by atoms with Crippen molar-refractivity contribution in [1.82, 2.24) is 4.98 Å². The standard InChI is InChI=1S/C26H29N3/c1-16-9-7-8-10-22(16)28-18(3)29(26(4,5)6)23-14-12-19-15-21-20(24(19)25(23)28)13-11-17(2)27-21/h7-14,18H,15H2,1-6H3/t18-/m1/s1. The largest absolute Gasteiger partial charge is 0.345 e. The molecule has 1 aliphatic heterocycles. The predicted molar refractivity (Wildman–Crippen MR) is 122 cm³/mol. The van der Waals surface area contributed by atoms with Gasteiger partial charge in [0.2, 0.25) is 0 Å². The minimum Gasteiger partial charge on any atom is -0.345 e. The van der Waals surface area contributed by atoms with Crippen molar-refractivity contribution in [1.29, 1.82) is 0 Å². The summed E-state index contributed by atoms with van der Waals surface area (Å²) in [6.07, 6.45) is 1.16. The Bertz CT molecular complexity index is 1120. The van der Waals surface area contributed by atoms with Gasteiger partial charge < -0.3 is 9.80 Å². The third kappa shape index (κ3) is 2.60. The van der Waals surface area contributed by atoms with Crippen molar-refractivity contribution in [2.75, 3.05) is 9.80 Å². The van der Waals surface area contributed by atoms with Crippen molar-refractivity contribution in [2.24, 2.45) is 0 Å². The number of para-hydroxylation sites is 1. The second-order valence-electron chi connectivity index (χ2n) is 9.42. The number of aryl methyl sites for hydroxylation is 2. The van der Waals surface area contributed by atoms with E-state index in [0.717, 1.165) is 12.1 Å². The number of hydrogen-bond acceptors (Lipinski definition) is 3. The molecule has 3 nitrogen and oxygen atoms in total. The topological polar surface area (TPSA) is 19.4 Å². The first-order valence-corrected chi connectivity index (χ1v) is 10.5. The van der Waals surface area contributed by atoms with Gasteiger partial charge in [-0.15, -0.1) is 0 Å². The van der Waals surface area contributed by atoms with E-state index in [1.54, 1.807) is 0 Å². The minimum atomic E-state index is 0.0206. The molecule has 0 unspecified atom stereocenters. The van der Waals surface area contributed by atoms with Crippen LogP contribution >= 0.6 is 0 Å². The molecule has 148 valence electrons. The molecule has 2 aliphatic rings. The van der Waals surface area contributed by atoms with Crippen molar-refractivity contribution < 1.29 is 0 Å². The van der Waals surface area contributed by atoms with Gasteiger partial charge in [-0.2, -0.15) is 0 Å². The molecule has 29 heavy (non-hydrogen) atoms. The summed E-state index contributed by atoms with van der Waals surface area (Å²) in [5.41, 5.74) is 11.6. The van der Waals surface area contributed by atoms with Gasteiger partial charge in [-0.1, -0.05) is 30.3 Å². The van der Waals surface area contributed by atoms with E-state index in [4.69, 9.17) is 4.98 Å². The Balaban J connectivity index is 1.82. The molecule has 0 amide bonds. The van der Waals surface area contributed by atoms with Gasteiger partial charge in [0.15, 0.2) is 0 Å². The number of anilines is 3. The SMILES string of the molecule is Cc1ccc2c(n1)Cc1ccc3c(c1-2)N(c1ccccc1C)[C@@H](C)N3C(C)(C)C. The zero-order valence-electron chi connectivity index (χ0n) is 18.2. The molecule has 0 saturated heterocycles. The fourth-order valence-corrected chi connectivity index (χ4v) is 5.24. The van der Waals surface area contributed by atoms with Crippen LogP contribution in [0.25, 0.3) is 11.1 Å². The molecular weight excluding hydrogens is 354 g/mol. The summed E-state index contributed by atoms with van der Waals surface area (Å²) in [6.45, 7) is 13.5. The first-order valence-electron chi connectivity index (χ1n) is 10.5. The zero-order valence-corrected chi connectivity index (χ0v) is 18.2. The first kappa shape index (κ1) is 18.2. The molecule has 5 rings (SSSR count). The minimum absolute atomic E-state index is 0.0206. The summed E-state index contributed by atoms with van der Waals surface area (Å²) in [7, 11) is 0. The monoisotopic (exact) mass is 383 g/mol. The van der Waals surface area contributed by atoms with Gasteiger partial charge in [-0.25, -0.2) is 0 Å². The number of fused-ring (bicyclic) bond motifs is 5. The molecule has 2 heterocycles. The van der Waals surface area contributed by atoms with Gasteiger partial charge in [0.25, 0.3) is 0 Å². The van der Waals surface area contributed by atoms with Crippen LogP contribution in [0.3, 0.4) is 0 Å². The van der Waals surface area contributed by atoms with E-state index in [1.807, 2.05) is 0 Å².